The molecule has 2 aromatic rings. The Bertz CT molecular complexity index is 513. The first-order valence-electron chi connectivity index (χ1n) is 4.30. The Kier molecular flexibility index (Phi) is 2.21. The molecule has 0 spiro atoms. The van der Waals surface area contributed by atoms with Crippen LogP contribution in [0.15, 0.2) is 22.6 Å². The molecule has 0 aliphatic carbocycles. The first kappa shape index (κ1) is 9.15. The number of aryl methyl sites for hydroxylation is 2. The van der Waals surface area contributed by atoms with Crippen molar-refractivity contribution in [3.63, 3.8) is 0 Å². The van der Waals surface area contributed by atoms with Gasteiger partial charge < -0.3 is 9.40 Å². The summed E-state index contributed by atoms with van der Waals surface area (Å²) >= 11 is 4.99. The van der Waals surface area contributed by atoms with Crippen molar-refractivity contribution >= 4 is 12.2 Å². The van der Waals surface area contributed by atoms with Gasteiger partial charge in [-0.2, -0.15) is 0 Å². The van der Waals surface area contributed by atoms with E-state index in [0.717, 1.165) is 22.9 Å². The zero-order valence-corrected chi connectivity index (χ0v) is 8.81. The Morgan fingerprint density at radius 3 is 2.71 bits per heavy atom. The van der Waals surface area contributed by atoms with E-state index in [9.17, 15) is 0 Å². The van der Waals surface area contributed by atoms with Crippen LogP contribution < -0.4 is 0 Å². The van der Waals surface area contributed by atoms with Crippen molar-refractivity contribution < 1.29 is 4.42 Å². The van der Waals surface area contributed by atoms with Crippen molar-refractivity contribution in [2.24, 2.45) is 0 Å². The Labute approximate surface area is 86.8 Å². The molecule has 0 saturated carbocycles. The van der Waals surface area contributed by atoms with E-state index in [1.165, 1.54) is 0 Å². The maximum Gasteiger partial charge on any atom is 0.197 e. The van der Waals surface area contributed by atoms with Gasteiger partial charge in [-0.1, -0.05) is 0 Å². The van der Waals surface area contributed by atoms with Crippen LogP contribution in [-0.2, 0) is 0 Å². The van der Waals surface area contributed by atoms with Gasteiger partial charge in [-0.3, -0.25) is 0 Å². The van der Waals surface area contributed by atoms with Gasteiger partial charge in [0.25, 0.3) is 0 Å². The van der Waals surface area contributed by atoms with Gasteiger partial charge in [-0.25, -0.2) is 4.98 Å². The topological polar surface area (TPSA) is 41.8 Å². The maximum absolute atomic E-state index is 5.46. The molecule has 2 rings (SSSR count). The van der Waals surface area contributed by atoms with Crippen LogP contribution >= 0.6 is 12.2 Å². The summed E-state index contributed by atoms with van der Waals surface area (Å²) in [6, 6.07) is 5.71. The highest BCUT2D eigenvalue weighted by Gasteiger charge is 2.04. The zero-order chi connectivity index (χ0) is 10.1. The monoisotopic (exact) mass is 206 g/mol. The third kappa shape index (κ3) is 1.75. The first-order valence-corrected chi connectivity index (χ1v) is 4.71. The molecular formula is C10H10N2OS. The zero-order valence-electron chi connectivity index (χ0n) is 8.00. The lowest BCUT2D eigenvalue weighted by Gasteiger charge is -1.97. The molecule has 4 heteroatoms. The Hall–Kier alpha value is -1.42. The number of hydrogen-bond acceptors (Lipinski definition) is 3. The standard InChI is InChI=1S/C10H10N2OS/c1-6-5-8(12-10(14)11-6)9-4-3-7(2)13-9/h3-5H,1-2H3,(H,11,12,14). The van der Waals surface area contributed by atoms with Crippen molar-refractivity contribution in [3.05, 3.63) is 34.4 Å². The van der Waals surface area contributed by atoms with E-state index in [0.29, 0.717) is 4.77 Å². The number of nitrogens with zero attached hydrogens (tertiary/aromatic N) is 1. The average Bonchev–Trinajstić information content (AvgIpc) is 2.50. The summed E-state index contributed by atoms with van der Waals surface area (Å²) in [5, 5.41) is 0. The molecule has 0 aliphatic heterocycles. The SMILES string of the molecule is Cc1cc(-c2ccc(C)o2)nc(=S)[nH]1. The van der Waals surface area contributed by atoms with Gasteiger partial charge in [-0.15, -0.1) is 0 Å². The van der Waals surface area contributed by atoms with Crippen LogP contribution in [0, 0.1) is 18.6 Å². The molecule has 1 N–H and O–H groups in total. The number of nitrogens with one attached hydrogen (secondary N) is 1. The molecule has 0 aliphatic rings. The second-order valence-electron chi connectivity index (χ2n) is 3.16. The molecule has 14 heavy (non-hydrogen) atoms. The Morgan fingerprint density at radius 2 is 2.14 bits per heavy atom. The lowest BCUT2D eigenvalue weighted by atomic mass is 10.3. The third-order valence-corrected chi connectivity index (χ3v) is 2.07. The largest absolute Gasteiger partial charge is 0.460 e. The summed E-state index contributed by atoms with van der Waals surface area (Å²) in [6.07, 6.45) is 0. The summed E-state index contributed by atoms with van der Waals surface area (Å²) in [6.45, 7) is 3.84. The fourth-order valence-electron chi connectivity index (χ4n) is 1.28. The molecule has 72 valence electrons. The molecule has 0 radical (unpaired) electrons. The summed E-state index contributed by atoms with van der Waals surface area (Å²) in [4.78, 5) is 7.13. The second kappa shape index (κ2) is 3.38. The minimum absolute atomic E-state index is 0.481. The lowest BCUT2D eigenvalue weighted by molar-refractivity contribution is 0.546. The van der Waals surface area contributed by atoms with Gasteiger partial charge in [0.1, 0.15) is 11.5 Å². The van der Waals surface area contributed by atoms with Gasteiger partial charge in [0, 0.05) is 5.69 Å². The van der Waals surface area contributed by atoms with Crippen molar-refractivity contribution in [2.75, 3.05) is 0 Å². The van der Waals surface area contributed by atoms with Gasteiger partial charge in [0.15, 0.2) is 10.5 Å². The van der Waals surface area contributed by atoms with E-state index in [1.54, 1.807) is 0 Å². The lowest BCUT2D eigenvalue weighted by Crippen LogP contribution is -1.88. The summed E-state index contributed by atoms with van der Waals surface area (Å²) in [5.41, 5.74) is 1.76. The van der Waals surface area contributed by atoms with Gasteiger partial charge in [-0.05, 0) is 44.3 Å². The normalized spacial score (nSPS) is 10.4. The van der Waals surface area contributed by atoms with Gasteiger partial charge >= 0.3 is 0 Å². The smallest absolute Gasteiger partial charge is 0.197 e. The second-order valence-corrected chi connectivity index (χ2v) is 3.55. The predicted octanol–water partition coefficient (Wildman–Crippen LogP) is 3.02. The fraction of sp³-hybridized carbons (Fsp3) is 0.200. The molecule has 2 heterocycles. The Balaban J connectivity index is 2.56. The molecule has 0 amide bonds. The Morgan fingerprint density at radius 1 is 1.36 bits per heavy atom. The number of H-pyrrole nitrogens is 1. The minimum atomic E-state index is 0.481. The van der Waals surface area contributed by atoms with Crippen molar-refractivity contribution in [1.29, 1.82) is 0 Å². The average molecular weight is 206 g/mol. The number of furan rings is 1. The van der Waals surface area contributed by atoms with Gasteiger partial charge in [0.05, 0.1) is 0 Å². The van der Waals surface area contributed by atoms with E-state index in [-0.39, 0.29) is 0 Å². The van der Waals surface area contributed by atoms with Crippen molar-refractivity contribution in [2.45, 2.75) is 13.8 Å². The molecule has 3 nitrogen and oxygen atoms in total. The van der Waals surface area contributed by atoms with Crippen LogP contribution in [0.3, 0.4) is 0 Å². The summed E-state index contributed by atoms with van der Waals surface area (Å²) in [7, 11) is 0. The van der Waals surface area contributed by atoms with E-state index in [4.69, 9.17) is 16.6 Å². The van der Waals surface area contributed by atoms with Crippen LogP contribution in [-0.4, -0.2) is 9.97 Å². The fourth-order valence-corrected chi connectivity index (χ4v) is 1.54. The summed E-state index contributed by atoms with van der Waals surface area (Å²) in [5.74, 6) is 1.63. The maximum atomic E-state index is 5.46. The molecule has 0 atom stereocenters. The quantitative estimate of drug-likeness (QED) is 0.729. The van der Waals surface area contributed by atoms with Crippen LogP contribution in [0.4, 0.5) is 0 Å². The number of hydrogen-bond donors (Lipinski definition) is 1. The first-order chi connectivity index (χ1) is 6.65. The molecular weight excluding hydrogens is 196 g/mol. The van der Waals surface area contributed by atoms with Crippen LogP contribution in [0.1, 0.15) is 11.5 Å². The number of aromatic nitrogens is 2. The molecule has 2 aromatic heterocycles. The summed E-state index contributed by atoms with van der Waals surface area (Å²) < 4.78 is 5.94. The molecule has 0 aromatic carbocycles. The van der Waals surface area contributed by atoms with E-state index >= 15 is 0 Å². The molecule has 0 fully saturated rings. The van der Waals surface area contributed by atoms with E-state index in [1.807, 2.05) is 32.0 Å². The van der Waals surface area contributed by atoms with Crippen molar-refractivity contribution in [1.82, 2.24) is 9.97 Å². The highest BCUT2D eigenvalue weighted by molar-refractivity contribution is 7.71. The van der Waals surface area contributed by atoms with Crippen LogP contribution in [0.25, 0.3) is 11.5 Å². The van der Waals surface area contributed by atoms with Crippen molar-refractivity contribution in [3.8, 4) is 11.5 Å². The molecule has 0 bridgehead atoms. The predicted molar refractivity (Wildman–Crippen MR) is 56.6 cm³/mol. The van der Waals surface area contributed by atoms with Crippen LogP contribution in [0.2, 0.25) is 0 Å². The van der Waals surface area contributed by atoms with Gasteiger partial charge in [0.2, 0.25) is 0 Å². The number of aromatic amines is 1. The van der Waals surface area contributed by atoms with E-state index in [2.05, 4.69) is 9.97 Å². The third-order valence-electron chi connectivity index (χ3n) is 1.87. The molecule has 0 unspecified atom stereocenters. The highest BCUT2D eigenvalue weighted by atomic mass is 32.1. The molecule has 0 saturated heterocycles. The van der Waals surface area contributed by atoms with Crippen LogP contribution in [0.5, 0.6) is 0 Å². The van der Waals surface area contributed by atoms with E-state index < -0.39 is 0 Å². The highest BCUT2D eigenvalue weighted by Crippen LogP contribution is 2.19. The minimum Gasteiger partial charge on any atom is -0.460 e. The number of rotatable bonds is 1.